The Bertz CT molecular complexity index is 398. The summed E-state index contributed by atoms with van der Waals surface area (Å²) in [6, 6.07) is 0. The van der Waals surface area contributed by atoms with Crippen LogP contribution in [0.5, 0.6) is 0 Å². The lowest BCUT2D eigenvalue weighted by Crippen LogP contribution is -2.30. The van der Waals surface area contributed by atoms with Gasteiger partial charge in [0.25, 0.3) is 0 Å². The van der Waals surface area contributed by atoms with Crippen molar-refractivity contribution in [3.8, 4) is 0 Å². The van der Waals surface area contributed by atoms with Crippen molar-refractivity contribution in [3.05, 3.63) is 17.5 Å². The van der Waals surface area contributed by atoms with Gasteiger partial charge in [-0.15, -0.1) is 0 Å². The number of carbonyl (C=O) groups is 1. The van der Waals surface area contributed by atoms with Gasteiger partial charge in [0.15, 0.2) is 0 Å². The van der Waals surface area contributed by atoms with Crippen LogP contribution in [0.1, 0.15) is 38.4 Å². The first kappa shape index (κ1) is 15.7. The zero-order valence-corrected chi connectivity index (χ0v) is 12.5. The second-order valence-corrected chi connectivity index (χ2v) is 5.25. The monoisotopic (exact) mass is 266 g/mol. The van der Waals surface area contributed by atoms with E-state index in [0.717, 1.165) is 25.2 Å². The summed E-state index contributed by atoms with van der Waals surface area (Å²) in [4.78, 5) is 11.5. The Kier molecular flexibility index (Phi) is 6.56. The van der Waals surface area contributed by atoms with E-state index < -0.39 is 0 Å². The molecular weight excluding hydrogens is 240 g/mol. The van der Waals surface area contributed by atoms with Gasteiger partial charge in [-0.1, -0.05) is 20.8 Å². The van der Waals surface area contributed by atoms with Crippen LogP contribution in [0.2, 0.25) is 0 Å². The molecule has 0 unspecified atom stereocenters. The zero-order chi connectivity index (χ0) is 14.3. The molecule has 1 heterocycles. The first-order chi connectivity index (χ1) is 9.02. The molecule has 0 spiro atoms. The lowest BCUT2D eigenvalue weighted by molar-refractivity contribution is -0.121. The Morgan fingerprint density at radius 1 is 1.47 bits per heavy atom. The zero-order valence-electron chi connectivity index (χ0n) is 12.5. The highest BCUT2D eigenvalue weighted by atomic mass is 16.1. The van der Waals surface area contributed by atoms with Gasteiger partial charge in [0, 0.05) is 44.9 Å². The molecule has 0 fully saturated rings. The minimum Gasteiger partial charge on any atom is -0.356 e. The molecule has 1 amide bonds. The van der Waals surface area contributed by atoms with Gasteiger partial charge < -0.3 is 10.6 Å². The lowest BCUT2D eigenvalue weighted by atomic mass is 10.2. The molecule has 5 heteroatoms. The number of hydrogen-bond acceptors (Lipinski definition) is 3. The van der Waals surface area contributed by atoms with Crippen molar-refractivity contribution >= 4 is 5.91 Å². The smallest absolute Gasteiger partial charge is 0.221 e. The van der Waals surface area contributed by atoms with Crippen LogP contribution in [0.3, 0.4) is 0 Å². The Labute approximate surface area is 115 Å². The van der Waals surface area contributed by atoms with E-state index in [1.165, 1.54) is 5.56 Å². The molecule has 0 atom stereocenters. The molecule has 5 nitrogen and oxygen atoms in total. The van der Waals surface area contributed by atoms with Crippen LogP contribution in [-0.4, -0.2) is 28.8 Å². The highest BCUT2D eigenvalue weighted by molar-refractivity contribution is 5.76. The average molecular weight is 266 g/mol. The quantitative estimate of drug-likeness (QED) is 0.696. The van der Waals surface area contributed by atoms with E-state index in [-0.39, 0.29) is 5.91 Å². The van der Waals surface area contributed by atoms with Gasteiger partial charge in [-0.05, 0) is 12.3 Å². The Morgan fingerprint density at radius 2 is 2.21 bits per heavy atom. The van der Waals surface area contributed by atoms with E-state index in [1.807, 2.05) is 17.9 Å². The first-order valence-electron chi connectivity index (χ1n) is 7.01. The summed E-state index contributed by atoms with van der Waals surface area (Å²) < 4.78 is 1.84. The molecule has 0 radical (unpaired) electrons. The third kappa shape index (κ3) is 5.87. The fourth-order valence-corrected chi connectivity index (χ4v) is 1.86. The Morgan fingerprint density at radius 3 is 2.84 bits per heavy atom. The number of aryl methyl sites for hydroxylation is 2. The highest BCUT2D eigenvalue weighted by Gasteiger charge is 2.06. The van der Waals surface area contributed by atoms with Crippen molar-refractivity contribution < 1.29 is 4.79 Å². The van der Waals surface area contributed by atoms with Crippen LogP contribution in [0.25, 0.3) is 0 Å². The predicted octanol–water partition coefficient (Wildman–Crippen LogP) is 1.23. The van der Waals surface area contributed by atoms with Crippen LogP contribution >= 0.6 is 0 Å². The van der Waals surface area contributed by atoms with Crippen LogP contribution in [-0.2, 0) is 24.8 Å². The van der Waals surface area contributed by atoms with Gasteiger partial charge in [-0.25, -0.2) is 0 Å². The standard InChI is InChI=1S/C14H26N4O/c1-5-13-12(10-18(4)17-13)9-15-7-6-14(19)16-8-11(2)3/h10-11,15H,5-9H2,1-4H3,(H,16,19). The SMILES string of the molecule is CCc1nn(C)cc1CNCCC(=O)NCC(C)C. The van der Waals surface area contributed by atoms with E-state index in [0.29, 0.717) is 18.9 Å². The van der Waals surface area contributed by atoms with Crippen molar-refractivity contribution in [1.82, 2.24) is 20.4 Å². The van der Waals surface area contributed by atoms with E-state index in [4.69, 9.17) is 0 Å². The molecule has 0 aliphatic rings. The number of rotatable bonds is 8. The first-order valence-corrected chi connectivity index (χ1v) is 7.01. The molecule has 0 saturated heterocycles. The van der Waals surface area contributed by atoms with Gasteiger partial charge in [0.05, 0.1) is 5.69 Å². The third-order valence-electron chi connectivity index (χ3n) is 2.88. The van der Waals surface area contributed by atoms with E-state index in [2.05, 4.69) is 36.5 Å². The molecule has 0 aromatic carbocycles. The van der Waals surface area contributed by atoms with Crippen molar-refractivity contribution in [3.63, 3.8) is 0 Å². The molecule has 2 N–H and O–H groups in total. The van der Waals surface area contributed by atoms with Crippen molar-refractivity contribution in [1.29, 1.82) is 0 Å². The molecule has 1 aromatic heterocycles. The number of nitrogens with zero attached hydrogens (tertiary/aromatic N) is 2. The number of nitrogens with one attached hydrogen (secondary N) is 2. The van der Waals surface area contributed by atoms with E-state index in [9.17, 15) is 4.79 Å². The summed E-state index contributed by atoms with van der Waals surface area (Å²) in [5.41, 5.74) is 2.34. The summed E-state index contributed by atoms with van der Waals surface area (Å²) in [5.74, 6) is 0.613. The van der Waals surface area contributed by atoms with Gasteiger partial charge >= 0.3 is 0 Å². The molecule has 0 saturated carbocycles. The highest BCUT2D eigenvalue weighted by Crippen LogP contribution is 2.06. The summed E-state index contributed by atoms with van der Waals surface area (Å²) in [6.07, 6.45) is 3.49. The van der Waals surface area contributed by atoms with Crippen molar-refractivity contribution in [2.45, 2.75) is 40.2 Å². The van der Waals surface area contributed by atoms with Gasteiger partial charge in [0.2, 0.25) is 5.91 Å². The number of amides is 1. The van der Waals surface area contributed by atoms with Crippen LogP contribution in [0.15, 0.2) is 6.20 Å². The molecule has 0 bridgehead atoms. The molecule has 0 aliphatic carbocycles. The number of hydrogen-bond donors (Lipinski definition) is 2. The molecule has 0 aliphatic heterocycles. The van der Waals surface area contributed by atoms with E-state index >= 15 is 0 Å². The summed E-state index contributed by atoms with van der Waals surface area (Å²) in [7, 11) is 1.93. The predicted molar refractivity (Wildman–Crippen MR) is 76.8 cm³/mol. The Hall–Kier alpha value is -1.36. The molecule has 1 rings (SSSR count). The molecule has 108 valence electrons. The number of carbonyl (C=O) groups excluding carboxylic acids is 1. The summed E-state index contributed by atoms with van der Waals surface area (Å²) in [5, 5.41) is 10.6. The average Bonchev–Trinajstić information content (AvgIpc) is 2.72. The van der Waals surface area contributed by atoms with Gasteiger partial charge in [-0.3, -0.25) is 9.48 Å². The normalized spacial score (nSPS) is 11.0. The van der Waals surface area contributed by atoms with E-state index in [1.54, 1.807) is 0 Å². The van der Waals surface area contributed by atoms with Crippen LogP contribution in [0, 0.1) is 5.92 Å². The maximum Gasteiger partial charge on any atom is 0.221 e. The third-order valence-corrected chi connectivity index (χ3v) is 2.88. The fraction of sp³-hybridized carbons (Fsp3) is 0.714. The van der Waals surface area contributed by atoms with Crippen LogP contribution < -0.4 is 10.6 Å². The van der Waals surface area contributed by atoms with Gasteiger partial charge in [-0.2, -0.15) is 5.10 Å². The topological polar surface area (TPSA) is 59.0 Å². The molecule has 19 heavy (non-hydrogen) atoms. The molecule has 1 aromatic rings. The largest absolute Gasteiger partial charge is 0.356 e. The molecular formula is C14H26N4O. The minimum atomic E-state index is 0.114. The summed E-state index contributed by atoms with van der Waals surface area (Å²) >= 11 is 0. The van der Waals surface area contributed by atoms with Crippen LogP contribution in [0.4, 0.5) is 0 Å². The number of aromatic nitrogens is 2. The second-order valence-electron chi connectivity index (χ2n) is 5.25. The Balaban J connectivity index is 2.21. The van der Waals surface area contributed by atoms with Crippen molar-refractivity contribution in [2.24, 2.45) is 13.0 Å². The fourth-order valence-electron chi connectivity index (χ4n) is 1.86. The maximum absolute atomic E-state index is 11.5. The summed E-state index contributed by atoms with van der Waals surface area (Å²) in [6.45, 7) is 8.50. The maximum atomic E-state index is 11.5. The lowest BCUT2D eigenvalue weighted by Gasteiger charge is -2.08. The van der Waals surface area contributed by atoms with Gasteiger partial charge in [0.1, 0.15) is 0 Å². The minimum absolute atomic E-state index is 0.114. The van der Waals surface area contributed by atoms with Crippen molar-refractivity contribution in [2.75, 3.05) is 13.1 Å². The second kappa shape index (κ2) is 7.94.